The van der Waals surface area contributed by atoms with E-state index in [9.17, 15) is 9.59 Å². The first-order valence-corrected chi connectivity index (χ1v) is 12.1. The number of carbonyl (C=O) groups is 2. The second-order valence-corrected chi connectivity index (χ2v) is 8.64. The van der Waals surface area contributed by atoms with Gasteiger partial charge in [0, 0.05) is 18.9 Å². The van der Waals surface area contributed by atoms with Crippen LogP contribution in [0.4, 0.5) is 0 Å². The van der Waals surface area contributed by atoms with Gasteiger partial charge in [-0.15, -0.1) is 5.10 Å². The van der Waals surface area contributed by atoms with Gasteiger partial charge in [-0.05, 0) is 12.3 Å². The highest BCUT2D eigenvalue weighted by atomic mass is 16.6. The molecule has 1 aromatic rings. The third-order valence-electron chi connectivity index (χ3n) is 5.17. The van der Waals surface area contributed by atoms with Gasteiger partial charge in [0.2, 0.25) is 11.8 Å². The van der Waals surface area contributed by atoms with Crippen molar-refractivity contribution in [3.63, 3.8) is 0 Å². The lowest BCUT2D eigenvalue weighted by molar-refractivity contribution is -0.140. The van der Waals surface area contributed by atoms with Crippen molar-refractivity contribution in [2.45, 2.75) is 46.7 Å². The Labute approximate surface area is 202 Å². The first-order chi connectivity index (χ1) is 16.5. The predicted octanol–water partition coefficient (Wildman–Crippen LogP) is 1.30. The summed E-state index contributed by atoms with van der Waals surface area (Å²) in [5, 5.41) is 8.04. The number of ether oxygens (including phenoxy) is 5. The third-order valence-corrected chi connectivity index (χ3v) is 5.17. The minimum absolute atomic E-state index is 0.153. The Morgan fingerprint density at radius 3 is 1.91 bits per heavy atom. The molecule has 1 atom stereocenters. The van der Waals surface area contributed by atoms with Gasteiger partial charge in [0.15, 0.2) is 0 Å². The molecule has 1 aliphatic heterocycles. The fourth-order valence-electron chi connectivity index (χ4n) is 3.16. The molecule has 0 aromatic carbocycles. The normalized spacial score (nSPS) is 16.4. The van der Waals surface area contributed by atoms with Crippen LogP contribution in [-0.2, 0) is 46.4 Å². The molecule has 0 saturated carbocycles. The Bertz CT molecular complexity index is 713. The number of hydrogen-bond donors (Lipinski definition) is 0. The molecule has 1 unspecified atom stereocenters. The van der Waals surface area contributed by atoms with Crippen LogP contribution >= 0.6 is 0 Å². The molecule has 1 aromatic heterocycles. The molecule has 0 N–H and O–H groups in total. The lowest BCUT2D eigenvalue weighted by Crippen LogP contribution is -2.29. The van der Waals surface area contributed by atoms with Crippen LogP contribution in [0.1, 0.15) is 39.3 Å². The fraction of sp³-hybridized carbons (Fsp3) is 0.826. The molecule has 2 heterocycles. The summed E-state index contributed by atoms with van der Waals surface area (Å²) < 4.78 is 29.0. The molecule has 1 saturated heterocycles. The molecule has 2 amide bonds. The smallest absolute Gasteiger partial charge is 0.232 e. The van der Waals surface area contributed by atoms with Crippen LogP contribution in [0.2, 0.25) is 0 Å². The van der Waals surface area contributed by atoms with Crippen LogP contribution < -0.4 is 0 Å². The fourth-order valence-corrected chi connectivity index (χ4v) is 3.16. The summed E-state index contributed by atoms with van der Waals surface area (Å²) in [4.78, 5) is 25.1. The molecule has 11 nitrogen and oxygen atoms in total. The molecule has 0 aliphatic carbocycles. The average Bonchev–Trinajstić information content (AvgIpc) is 3.35. The first kappa shape index (κ1) is 28.3. The Morgan fingerprint density at radius 2 is 1.41 bits per heavy atom. The Morgan fingerprint density at radius 1 is 0.882 bits per heavy atom. The van der Waals surface area contributed by atoms with E-state index in [-0.39, 0.29) is 30.7 Å². The SMILES string of the molecule is CC(C)CCOCCOCCOCCOCCOCCn1cc(CN2C(=O)CC(C)C2=O)nn1. The lowest BCUT2D eigenvalue weighted by atomic mass is 10.1. The van der Waals surface area contributed by atoms with E-state index >= 15 is 0 Å². The van der Waals surface area contributed by atoms with Gasteiger partial charge in [0.25, 0.3) is 0 Å². The zero-order valence-corrected chi connectivity index (χ0v) is 20.8. The molecule has 194 valence electrons. The average molecular weight is 485 g/mol. The molecule has 0 spiro atoms. The second-order valence-electron chi connectivity index (χ2n) is 8.64. The van der Waals surface area contributed by atoms with Crippen LogP contribution in [0.3, 0.4) is 0 Å². The van der Waals surface area contributed by atoms with Gasteiger partial charge >= 0.3 is 0 Å². The van der Waals surface area contributed by atoms with E-state index in [1.807, 2.05) is 0 Å². The van der Waals surface area contributed by atoms with Crippen molar-refractivity contribution in [1.82, 2.24) is 19.9 Å². The number of amides is 2. The van der Waals surface area contributed by atoms with Gasteiger partial charge in [-0.1, -0.05) is 26.0 Å². The molecule has 0 bridgehead atoms. The zero-order valence-electron chi connectivity index (χ0n) is 20.8. The summed E-state index contributed by atoms with van der Waals surface area (Å²) >= 11 is 0. The number of hydrogen-bond acceptors (Lipinski definition) is 9. The van der Waals surface area contributed by atoms with E-state index in [2.05, 4.69) is 24.2 Å². The maximum absolute atomic E-state index is 12.0. The van der Waals surface area contributed by atoms with Crippen LogP contribution in [0.15, 0.2) is 6.20 Å². The highest BCUT2D eigenvalue weighted by Crippen LogP contribution is 2.20. The lowest BCUT2D eigenvalue weighted by Gasteiger charge is -2.11. The zero-order chi connectivity index (χ0) is 24.6. The standard InChI is InChI=1S/C23H40N4O7/c1-19(2)4-6-30-8-10-32-12-14-34-15-13-33-11-9-31-7-5-26-17-21(24-25-26)18-27-22(28)16-20(3)23(27)29/h17,19-20H,4-16,18H2,1-3H3. The van der Waals surface area contributed by atoms with E-state index in [4.69, 9.17) is 23.7 Å². The minimum Gasteiger partial charge on any atom is -0.379 e. The van der Waals surface area contributed by atoms with Crippen molar-refractivity contribution in [1.29, 1.82) is 0 Å². The molecule has 2 rings (SSSR count). The maximum Gasteiger partial charge on any atom is 0.232 e. The summed E-state index contributed by atoms with van der Waals surface area (Å²) in [7, 11) is 0. The number of carbonyl (C=O) groups excluding carboxylic acids is 2. The van der Waals surface area contributed by atoms with Gasteiger partial charge in [0.05, 0.1) is 78.7 Å². The first-order valence-electron chi connectivity index (χ1n) is 12.1. The molecular formula is C23H40N4O7. The monoisotopic (exact) mass is 484 g/mol. The van der Waals surface area contributed by atoms with Crippen LogP contribution in [0.25, 0.3) is 0 Å². The molecule has 34 heavy (non-hydrogen) atoms. The predicted molar refractivity (Wildman–Crippen MR) is 123 cm³/mol. The highest BCUT2D eigenvalue weighted by molar-refractivity contribution is 6.03. The van der Waals surface area contributed by atoms with Gasteiger partial charge < -0.3 is 23.7 Å². The highest BCUT2D eigenvalue weighted by Gasteiger charge is 2.35. The van der Waals surface area contributed by atoms with E-state index in [1.165, 1.54) is 4.90 Å². The topological polar surface area (TPSA) is 114 Å². The number of rotatable bonds is 20. The van der Waals surface area contributed by atoms with Crippen LogP contribution in [0, 0.1) is 11.8 Å². The Hall–Kier alpha value is -1.92. The van der Waals surface area contributed by atoms with E-state index in [1.54, 1.807) is 17.8 Å². The molecule has 0 radical (unpaired) electrons. The summed E-state index contributed by atoms with van der Waals surface area (Å²) in [6.45, 7) is 12.3. The molecule has 11 heteroatoms. The van der Waals surface area contributed by atoms with Crippen molar-refractivity contribution >= 4 is 11.8 Å². The Kier molecular flexibility index (Phi) is 13.9. The van der Waals surface area contributed by atoms with Crippen molar-refractivity contribution in [3.05, 3.63) is 11.9 Å². The minimum atomic E-state index is -0.256. The van der Waals surface area contributed by atoms with Crippen molar-refractivity contribution in [2.24, 2.45) is 11.8 Å². The summed E-state index contributed by atoms with van der Waals surface area (Å²) in [5.74, 6) is 0.0924. The van der Waals surface area contributed by atoms with Crippen molar-refractivity contribution < 1.29 is 33.3 Å². The van der Waals surface area contributed by atoms with Crippen LogP contribution in [-0.4, -0.2) is 97.8 Å². The van der Waals surface area contributed by atoms with Gasteiger partial charge in [-0.2, -0.15) is 0 Å². The largest absolute Gasteiger partial charge is 0.379 e. The number of likely N-dealkylation sites (tertiary alicyclic amines) is 1. The quantitative estimate of drug-likeness (QED) is 0.200. The van der Waals surface area contributed by atoms with Crippen molar-refractivity contribution in [3.8, 4) is 0 Å². The van der Waals surface area contributed by atoms with E-state index in [0.29, 0.717) is 77.6 Å². The maximum atomic E-state index is 12.0. The summed E-state index contributed by atoms with van der Waals surface area (Å²) in [6.07, 6.45) is 3.06. The van der Waals surface area contributed by atoms with E-state index < -0.39 is 0 Å². The van der Waals surface area contributed by atoms with Gasteiger partial charge in [-0.3, -0.25) is 14.5 Å². The number of nitrogens with zero attached hydrogens (tertiary/aromatic N) is 4. The molecular weight excluding hydrogens is 444 g/mol. The summed E-state index contributed by atoms with van der Waals surface area (Å²) in [6, 6.07) is 0. The number of imide groups is 1. The van der Waals surface area contributed by atoms with E-state index in [0.717, 1.165) is 13.0 Å². The second kappa shape index (κ2) is 16.7. The van der Waals surface area contributed by atoms with Crippen LogP contribution in [0.5, 0.6) is 0 Å². The van der Waals surface area contributed by atoms with Gasteiger partial charge in [0.1, 0.15) is 5.69 Å². The Balaban J connectivity index is 1.36. The van der Waals surface area contributed by atoms with Crippen molar-refractivity contribution in [2.75, 3.05) is 66.1 Å². The summed E-state index contributed by atoms with van der Waals surface area (Å²) in [5.41, 5.74) is 0.583. The molecule has 1 fully saturated rings. The molecule has 1 aliphatic rings. The third kappa shape index (κ3) is 11.5. The van der Waals surface area contributed by atoms with Gasteiger partial charge in [-0.25, -0.2) is 4.68 Å². The number of aromatic nitrogens is 3.